The maximum atomic E-state index is 10.2. The number of anilines is 1. The summed E-state index contributed by atoms with van der Waals surface area (Å²) in [5.74, 6) is 1.44. The molecular weight excluding hydrogens is 266 g/mol. The molecule has 1 unspecified atom stereocenters. The summed E-state index contributed by atoms with van der Waals surface area (Å²) < 4.78 is 5.86. The number of likely N-dealkylation sites (tertiary alicyclic amines) is 1. The lowest BCUT2D eigenvalue weighted by Gasteiger charge is -2.37. The van der Waals surface area contributed by atoms with Gasteiger partial charge in [-0.05, 0) is 32.8 Å². The van der Waals surface area contributed by atoms with Gasteiger partial charge in [-0.1, -0.05) is 0 Å². The van der Waals surface area contributed by atoms with E-state index in [-0.39, 0.29) is 0 Å². The number of nitrogens with zero attached hydrogens (tertiary/aromatic N) is 2. The van der Waals surface area contributed by atoms with Crippen molar-refractivity contribution < 1.29 is 9.84 Å². The van der Waals surface area contributed by atoms with Gasteiger partial charge in [-0.15, -0.1) is 0 Å². The fraction of sp³-hybridized carbons (Fsp3) is 0.562. The number of fused-ring (bicyclic) bond motifs is 1. The van der Waals surface area contributed by atoms with Crippen LogP contribution < -0.4 is 10.1 Å². The molecule has 0 bridgehead atoms. The van der Waals surface area contributed by atoms with E-state index < -0.39 is 11.7 Å². The maximum Gasteiger partial charge on any atom is 0.144 e. The second kappa shape index (κ2) is 5.45. The maximum absolute atomic E-state index is 10.2. The molecule has 0 aliphatic carbocycles. The number of aliphatic hydroxyl groups excluding tert-OH is 1. The van der Waals surface area contributed by atoms with Crippen molar-refractivity contribution in [2.75, 3.05) is 18.4 Å². The molecule has 2 N–H and O–H groups in total. The lowest BCUT2D eigenvalue weighted by Crippen LogP contribution is -2.46. The second-order valence-corrected chi connectivity index (χ2v) is 6.12. The first-order valence-corrected chi connectivity index (χ1v) is 7.43. The van der Waals surface area contributed by atoms with Crippen molar-refractivity contribution in [1.82, 2.24) is 9.88 Å². The van der Waals surface area contributed by atoms with Crippen molar-refractivity contribution in [3.05, 3.63) is 17.8 Å². The van der Waals surface area contributed by atoms with Crippen LogP contribution in [0.5, 0.6) is 5.75 Å². The average Bonchev–Trinajstić information content (AvgIpc) is 2.93. The van der Waals surface area contributed by atoms with Crippen molar-refractivity contribution in [2.24, 2.45) is 0 Å². The van der Waals surface area contributed by atoms with Gasteiger partial charge in [0.2, 0.25) is 0 Å². The van der Waals surface area contributed by atoms with Gasteiger partial charge in [0.15, 0.2) is 0 Å². The SMILES string of the molecule is CC1(C)Oc2ccnc(NC#CN3CCCC3)c2CC1O. The van der Waals surface area contributed by atoms with E-state index in [1.807, 2.05) is 19.9 Å². The molecule has 2 aliphatic rings. The predicted molar refractivity (Wildman–Crippen MR) is 80.9 cm³/mol. The Balaban J connectivity index is 1.78. The molecule has 0 amide bonds. The number of hydrogen-bond acceptors (Lipinski definition) is 5. The first-order chi connectivity index (χ1) is 10.1. The number of aliphatic hydroxyl groups is 1. The van der Waals surface area contributed by atoms with Gasteiger partial charge in [-0.3, -0.25) is 5.32 Å². The zero-order valence-corrected chi connectivity index (χ0v) is 12.5. The van der Waals surface area contributed by atoms with Gasteiger partial charge >= 0.3 is 0 Å². The van der Waals surface area contributed by atoms with Gasteiger partial charge in [0.05, 0.1) is 6.10 Å². The summed E-state index contributed by atoms with van der Waals surface area (Å²) in [7, 11) is 0. The molecule has 0 radical (unpaired) electrons. The van der Waals surface area contributed by atoms with Crippen LogP contribution in [0, 0.1) is 12.1 Å². The molecule has 1 saturated heterocycles. The van der Waals surface area contributed by atoms with Crippen LogP contribution in [0.25, 0.3) is 0 Å². The smallest absolute Gasteiger partial charge is 0.144 e. The first kappa shape index (κ1) is 14.0. The lowest BCUT2D eigenvalue weighted by atomic mass is 9.91. The summed E-state index contributed by atoms with van der Waals surface area (Å²) in [5.41, 5.74) is 0.312. The predicted octanol–water partition coefficient (Wildman–Crippen LogP) is 1.58. The quantitative estimate of drug-likeness (QED) is 0.607. The zero-order valence-electron chi connectivity index (χ0n) is 12.5. The average molecular weight is 287 g/mol. The highest BCUT2D eigenvalue weighted by atomic mass is 16.5. The summed E-state index contributed by atoms with van der Waals surface area (Å²) in [6.07, 6.45) is 4.09. The molecule has 1 fully saturated rings. The Hall–Kier alpha value is -1.93. The third kappa shape index (κ3) is 2.91. The van der Waals surface area contributed by atoms with Gasteiger partial charge in [0.25, 0.3) is 0 Å². The Bertz CT molecular complexity index is 583. The summed E-state index contributed by atoms with van der Waals surface area (Å²) in [4.78, 5) is 6.42. The van der Waals surface area contributed by atoms with Gasteiger partial charge < -0.3 is 14.7 Å². The van der Waals surface area contributed by atoms with E-state index in [1.165, 1.54) is 12.8 Å². The lowest BCUT2D eigenvalue weighted by molar-refractivity contribution is -0.0410. The van der Waals surface area contributed by atoms with Crippen molar-refractivity contribution in [1.29, 1.82) is 0 Å². The molecule has 0 spiro atoms. The van der Waals surface area contributed by atoms with E-state index in [1.54, 1.807) is 6.20 Å². The summed E-state index contributed by atoms with van der Waals surface area (Å²) in [6.45, 7) is 5.85. The van der Waals surface area contributed by atoms with Gasteiger partial charge in [0, 0.05) is 43.4 Å². The van der Waals surface area contributed by atoms with Crippen molar-refractivity contribution in [2.45, 2.75) is 44.8 Å². The normalized spacial score (nSPS) is 22.8. The monoisotopic (exact) mass is 287 g/mol. The molecule has 1 aromatic rings. The van der Waals surface area contributed by atoms with E-state index in [2.05, 4.69) is 27.3 Å². The third-order valence-electron chi connectivity index (χ3n) is 4.09. The van der Waals surface area contributed by atoms with Crippen LogP contribution in [0.1, 0.15) is 32.3 Å². The highest BCUT2D eigenvalue weighted by molar-refractivity contribution is 5.56. The van der Waals surface area contributed by atoms with Crippen LogP contribution in [0.3, 0.4) is 0 Å². The number of ether oxygens (including phenoxy) is 1. The Morgan fingerprint density at radius 3 is 2.95 bits per heavy atom. The Morgan fingerprint density at radius 2 is 2.19 bits per heavy atom. The van der Waals surface area contributed by atoms with Crippen molar-refractivity contribution >= 4 is 5.82 Å². The summed E-state index contributed by atoms with van der Waals surface area (Å²) in [5, 5.41) is 13.2. The van der Waals surface area contributed by atoms with Gasteiger partial charge in [0.1, 0.15) is 17.2 Å². The highest BCUT2D eigenvalue weighted by Crippen LogP contribution is 2.36. The second-order valence-electron chi connectivity index (χ2n) is 6.12. The van der Waals surface area contributed by atoms with E-state index in [4.69, 9.17) is 4.74 Å². The van der Waals surface area contributed by atoms with Gasteiger partial charge in [-0.25, -0.2) is 4.98 Å². The molecule has 3 rings (SSSR count). The molecule has 112 valence electrons. The van der Waals surface area contributed by atoms with Crippen LogP contribution in [0.4, 0.5) is 5.82 Å². The number of pyridine rings is 1. The number of rotatable bonds is 1. The van der Waals surface area contributed by atoms with Crippen molar-refractivity contribution in [3.8, 4) is 17.8 Å². The van der Waals surface area contributed by atoms with Crippen molar-refractivity contribution in [3.63, 3.8) is 0 Å². The van der Waals surface area contributed by atoms with E-state index >= 15 is 0 Å². The molecule has 1 aromatic heterocycles. The van der Waals surface area contributed by atoms with E-state index in [9.17, 15) is 5.11 Å². The minimum Gasteiger partial charge on any atom is -0.485 e. The minimum atomic E-state index is -0.577. The molecule has 21 heavy (non-hydrogen) atoms. The minimum absolute atomic E-state index is 0.518. The molecule has 2 aliphatic heterocycles. The molecule has 0 aromatic carbocycles. The molecule has 0 saturated carbocycles. The zero-order chi connectivity index (χ0) is 14.9. The summed E-state index contributed by atoms with van der Waals surface area (Å²) in [6, 6.07) is 7.88. The largest absolute Gasteiger partial charge is 0.485 e. The van der Waals surface area contributed by atoms with Crippen LogP contribution in [0.2, 0.25) is 0 Å². The molecule has 5 heteroatoms. The van der Waals surface area contributed by atoms with E-state index in [0.717, 1.165) is 24.4 Å². The topological polar surface area (TPSA) is 57.6 Å². The Kier molecular flexibility index (Phi) is 3.64. The van der Waals surface area contributed by atoms with Crippen LogP contribution in [-0.2, 0) is 6.42 Å². The number of hydrogen-bond donors (Lipinski definition) is 2. The van der Waals surface area contributed by atoms with Crippen LogP contribution in [0.15, 0.2) is 12.3 Å². The Labute approximate surface area is 125 Å². The first-order valence-electron chi connectivity index (χ1n) is 7.43. The highest BCUT2D eigenvalue weighted by Gasteiger charge is 2.36. The fourth-order valence-electron chi connectivity index (χ4n) is 2.66. The standard InChI is InChI=1S/C16H21N3O2/c1-16(2)14(20)11-12-13(21-16)5-6-17-15(12)18-7-10-19-8-3-4-9-19/h5-6,14,20H,3-4,8-9,11H2,1-2H3,(H,17,18). The van der Waals surface area contributed by atoms with Crippen LogP contribution >= 0.6 is 0 Å². The summed E-state index contributed by atoms with van der Waals surface area (Å²) >= 11 is 0. The number of aromatic nitrogens is 1. The van der Waals surface area contributed by atoms with E-state index in [0.29, 0.717) is 12.2 Å². The van der Waals surface area contributed by atoms with Crippen LogP contribution in [-0.4, -0.2) is 39.8 Å². The fourth-order valence-corrected chi connectivity index (χ4v) is 2.66. The molecule has 1 atom stereocenters. The van der Waals surface area contributed by atoms with Gasteiger partial charge in [-0.2, -0.15) is 0 Å². The molecular formula is C16H21N3O2. The molecule has 3 heterocycles. The Morgan fingerprint density at radius 1 is 1.43 bits per heavy atom. The number of nitrogens with one attached hydrogen (secondary N) is 1. The molecule has 5 nitrogen and oxygen atoms in total. The third-order valence-corrected chi connectivity index (χ3v) is 4.09.